The van der Waals surface area contributed by atoms with Crippen molar-refractivity contribution in [3.05, 3.63) is 58.7 Å². The van der Waals surface area contributed by atoms with E-state index in [-0.39, 0.29) is 36.4 Å². The van der Waals surface area contributed by atoms with E-state index in [9.17, 15) is 14.7 Å². The molecule has 0 bridgehead atoms. The number of carbonyl (C=O) groups is 2. The van der Waals surface area contributed by atoms with Crippen molar-refractivity contribution >= 4 is 35.2 Å². The summed E-state index contributed by atoms with van der Waals surface area (Å²) < 4.78 is 23.1. The molecule has 41 heavy (non-hydrogen) atoms. The van der Waals surface area contributed by atoms with Gasteiger partial charge in [-0.05, 0) is 80.4 Å². The largest absolute Gasteiger partial charge is 0.390 e. The maximum absolute atomic E-state index is 17.5. The molecule has 1 N–H and O–H groups in total. The maximum Gasteiger partial charge on any atom is 0.194 e. The second-order valence-corrected chi connectivity index (χ2v) is 13.3. The van der Waals surface area contributed by atoms with Gasteiger partial charge in [0, 0.05) is 47.0 Å². The molecule has 1 aliphatic heterocycles. The van der Waals surface area contributed by atoms with Crippen molar-refractivity contribution in [3.63, 3.8) is 0 Å². The Bertz CT molecular complexity index is 1260. The summed E-state index contributed by atoms with van der Waals surface area (Å²) in [5.41, 5.74) is -3.27. The molecule has 4 aliphatic carbocycles. The Morgan fingerprint density at radius 3 is 2.63 bits per heavy atom. The molecule has 6 rings (SSSR count). The Morgan fingerprint density at radius 1 is 1.24 bits per heavy atom. The highest BCUT2D eigenvalue weighted by Crippen LogP contribution is 2.72. The molecule has 1 heterocycles. The zero-order valence-electron chi connectivity index (χ0n) is 24.5. The maximum atomic E-state index is 17.5. The molecule has 6 nitrogen and oxygen atoms in total. The fourth-order valence-electron chi connectivity index (χ4n) is 8.94. The number of allylic oxidation sites excluding steroid dienone is 4. The second-order valence-electron chi connectivity index (χ2n) is 12.3. The van der Waals surface area contributed by atoms with E-state index in [0.29, 0.717) is 37.4 Å². The topological polar surface area (TPSA) is 76.1 Å². The van der Waals surface area contributed by atoms with Crippen LogP contribution in [0, 0.1) is 28.6 Å². The summed E-state index contributed by atoms with van der Waals surface area (Å²) in [4.78, 5) is 32.9. The standard InChI is InChI=1S/C30H35ClFNO5S.C2H6/c1-27-11-10-22(34)12-19(27)6-9-23-24-13-20-16-33(15-18-4-7-21(31)8-5-18)38-30(20,26(36)17-37-39-3)28(24,2)14-25(35)29(23,27)32;1-2/h4-5,7-8,10-12,20,23-25,35H,6,9,13-17H2,1-3H3;1-2H3/t20-,23-,24-,25-,27-,28-,29-,30-;/m0./s1. The lowest BCUT2D eigenvalue weighted by atomic mass is 9.44. The van der Waals surface area contributed by atoms with Crippen LogP contribution in [0.3, 0.4) is 0 Å². The number of hydrogen-bond donors (Lipinski definition) is 1. The smallest absolute Gasteiger partial charge is 0.194 e. The van der Waals surface area contributed by atoms with Crippen molar-refractivity contribution in [2.24, 2.45) is 28.6 Å². The number of hydroxylamine groups is 2. The lowest BCUT2D eigenvalue weighted by Crippen LogP contribution is -2.69. The molecule has 224 valence electrons. The minimum absolute atomic E-state index is 0.0889. The number of fused-ring (bicyclic) bond motifs is 7. The van der Waals surface area contributed by atoms with Crippen molar-refractivity contribution in [1.29, 1.82) is 0 Å². The van der Waals surface area contributed by atoms with E-state index in [1.165, 1.54) is 6.08 Å². The number of rotatable bonds is 6. The molecule has 1 aromatic rings. The number of ketones is 2. The third-order valence-electron chi connectivity index (χ3n) is 10.7. The van der Waals surface area contributed by atoms with E-state index < -0.39 is 34.1 Å². The molecule has 4 fully saturated rings. The van der Waals surface area contributed by atoms with Gasteiger partial charge in [0.25, 0.3) is 0 Å². The fraction of sp³-hybridized carbons (Fsp3) is 0.625. The first-order valence-electron chi connectivity index (χ1n) is 14.7. The molecular weight excluding hydrogens is 565 g/mol. The molecular formula is C32H41ClFNO5S. The molecule has 0 aromatic heterocycles. The van der Waals surface area contributed by atoms with E-state index in [1.807, 2.05) is 57.0 Å². The zero-order chi connectivity index (χ0) is 29.8. The van der Waals surface area contributed by atoms with Gasteiger partial charge in [0.1, 0.15) is 6.61 Å². The Balaban J connectivity index is 0.00000165. The van der Waals surface area contributed by atoms with E-state index in [0.717, 1.165) is 23.2 Å². The zero-order valence-corrected chi connectivity index (χ0v) is 26.1. The molecule has 1 saturated heterocycles. The number of carbonyl (C=O) groups excluding carboxylic acids is 2. The molecule has 0 radical (unpaired) electrons. The molecule has 0 amide bonds. The molecule has 9 heteroatoms. The molecule has 1 aromatic carbocycles. The minimum Gasteiger partial charge on any atom is -0.390 e. The number of hydrogen-bond acceptors (Lipinski definition) is 7. The third-order valence-corrected chi connectivity index (χ3v) is 11.3. The first-order chi connectivity index (χ1) is 19.5. The van der Waals surface area contributed by atoms with Crippen LogP contribution in [0.2, 0.25) is 5.02 Å². The summed E-state index contributed by atoms with van der Waals surface area (Å²) in [5.74, 6) is -1.11. The SMILES string of the molecule is CC.CSOCC(=O)[C@@]12ON(Cc3ccc(Cl)cc3)C[C@@H]1C[C@H]1[C@@H]3CCC4=CC(=O)C=C[C@]4(C)[C@@]3(F)[C@@H](O)C[C@@]12C. The third kappa shape index (κ3) is 4.42. The van der Waals surface area contributed by atoms with Crippen molar-refractivity contribution < 1.29 is 28.1 Å². The lowest BCUT2D eigenvalue weighted by molar-refractivity contribution is -0.267. The van der Waals surface area contributed by atoms with E-state index >= 15 is 4.39 Å². The van der Waals surface area contributed by atoms with Crippen LogP contribution in [0.15, 0.2) is 48.1 Å². The average Bonchev–Trinajstić information content (AvgIpc) is 3.43. The Hall–Kier alpha value is -1.55. The quantitative estimate of drug-likeness (QED) is 0.381. The van der Waals surface area contributed by atoms with E-state index in [4.69, 9.17) is 20.6 Å². The Kier molecular flexibility index (Phi) is 8.42. The number of aliphatic hydroxyl groups excluding tert-OH is 1. The fourth-order valence-corrected chi connectivity index (χ4v) is 9.29. The average molecular weight is 606 g/mol. The number of nitrogens with zero attached hydrogens (tertiary/aromatic N) is 1. The Labute approximate surface area is 251 Å². The van der Waals surface area contributed by atoms with Gasteiger partial charge < -0.3 is 9.29 Å². The summed E-state index contributed by atoms with van der Waals surface area (Å²) in [6.07, 6.45) is 6.90. The van der Waals surface area contributed by atoms with Crippen molar-refractivity contribution in [2.45, 2.75) is 77.3 Å². The predicted octanol–water partition coefficient (Wildman–Crippen LogP) is 6.31. The van der Waals surface area contributed by atoms with Gasteiger partial charge in [0.15, 0.2) is 22.8 Å². The lowest BCUT2D eigenvalue weighted by Gasteiger charge is -2.62. The van der Waals surface area contributed by atoms with Crippen molar-refractivity contribution in [1.82, 2.24) is 5.06 Å². The molecule has 8 atom stereocenters. The summed E-state index contributed by atoms with van der Waals surface area (Å²) in [6, 6.07) is 7.54. The van der Waals surface area contributed by atoms with Gasteiger partial charge in [-0.15, -0.1) is 0 Å². The highest BCUT2D eigenvalue weighted by atomic mass is 35.5. The summed E-state index contributed by atoms with van der Waals surface area (Å²) >= 11 is 7.20. The number of Topliss-reactive ketones (excluding diaryl/α,β-unsaturated/α-hetero) is 1. The van der Waals surface area contributed by atoms with Crippen molar-refractivity contribution in [3.8, 4) is 0 Å². The minimum atomic E-state index is -1.94. The number of aliphatic hydroxyl groups is 1. The van der Waals surface area contributed by atoms with Gasteiger partial charge in [-0.3, -0.25) is 14.4 Å². The van der Waals surface area contributed by atoms with Gasteiger partial charge in [0.2, 0.25) is 0 Å². The van der Waals surface area contributed by atoms with E-state index in [2.05, 4.69) is 0 Å². The van der Waals surface area contributed by atoms with Crippen LogP contribution in [0.1, 0.15) is 58.9 Å². The van der Waals surface area contributed by atoms with Crippen LogP contribution in [0.5, 0.6) is 0 Å². The second kappa shape index (κ2) is 11.2. The molecule has 0 spiro atoms. The number of alkyl halides is 1. The van der Waals surface area contributed by atoms with Crippen LogP contribution in [-0.4, -0.2) is 58.5 Å². The van der Waals surface area contributed by atoms with Crippen molar-refractivity contribution in [2.75, 3.05) is 19.4 Å². The first-order valence-corrected chi connectivity index (χ1v) is 16.2. The summed E-state index contributed by atoms with van der Waals surface area (Å²) in [7, 11) is 0. The van der Waals surface area contributed by atoms with Gasteiger partial charge >= 0.3 is 0 Å². The Morgan fingerprint density at radius 2 is 1.95 bits per heavy atom. The monoisotopic (exact) mass is 605 g/mol. The van der Waals surface area contributed by atoms with Gasteiger partial charge in [-0.25, -0.2) is 4.39 Å². The summed E-state index contributed by atoms with van der Waals surface area (Å²) in [5, 5.41) is 14.2. The van der Waals surface area contributed by atoms with Crippen LogP contribution in [-0.2, 0) is 25.2 Å². The summed E-state index contributed by atoms with van der Waals surface area (Å²) in [6.45, 7) is 8.71. The van der Waals surface area contributed by atoms with Gasteiger partial charge in [-0.2, -0.15) is 5.06 Å². The predicted molar refractivity (Wildman–Crippen MR) is 159 cm³/mol. The van der Waals surface area contributed by atoms with Crippen LogP contribution < -0.4 is 0 Å². The van der Waals surface area contributed by atoms with Gasteiger partial charge in [-0.1, -0.05) is 56.2 Å². The highest BCUT2D eigenvalue weighted by Gasteiger charge is 2.78. The molecule has 0 unspecified atom stereocenters. The highest BCUT2D eigenvalue weighted by molar-refractivity contribution is 7.93. The van der Waals surface area contributed by atoms with Crippen LogP contribution >= 0.6 is 23.6 Å². The first kappa shape index (κ1) is 30.9. The molecule has 5 aliphatic rings. The molecule has 3 saturated carbocycles. The van der Waals surface area contributed by atoms with Gasteiger partial charge in [0.05, 0.1) is 6.10 Å². The normalized spacial score (nSPS) is 41.0. The van der Waals surface area contributed by atoms with E-state index in [1.54, 1.807) is 18.4 Å². The number of halogens is 2. The number of benzene rings is 1. The van der Waals surface area contributed by atoms with Crippen LogP contribution in [0.4, 0.5) is 4.39 Å². The van der Waals surface area contributed by atoms with Crippen LogP contribution in [0.25, 0.3) is 0 Å².